The van der Waals surface area contributed by atoms with E-state index in [1.54, 1.807) is 31.3 Å². The molecule has 6 heteroatoms. The van der Waals surface area contributed by atoms with E-state index in [1.165, 1.54) is 6.07 Å². The Balaban J connectivity index is 3.28. The number of nitrogens with zero attached hydrogens (tertiary/aromatic N) is 1. The van der Waals surface area contributed by atoms with Gasteiger partial charge in [0.1, 0.15) is 5.69 Å². The van der Waals surface area contributed by atoms with Crippen molar-refractivity contribution < 1.29 is 14.3 Å². The zero-order valence-corrected chi connectivity index (χ0v) is 17.1. The molecule has 0 saturated carbocycles. The molecule has 0 atom stereocenters. The lowest BCUT2D eigenvalue weighted by molar-refractivity contribution is -0.0703. The third-order valence-corrected chi connectivity index (χ3v) is 5.69. The molecule has 0 saturated heterocycles. The summed E-state index contributed by atoms with van der Waals surface area (Å²) in [6.07, 6.45) is 3.14. The largest absolute Gasteiger partial charge is 0.376 e. The summed E-state index contributed by atoms with van der Waals surface area (Å²) in [6.45, 7) is 9.12. The van der Waals surface area contributed by atoms with Crippen LogP contribution in [0.5, 0.6) is 0 Å². The Morgan fingerprint density at radius 1 is 0.962 bits per heavy atom. The van der Waals surface area contributed by atoms with Gasteiger partial charge in [0.25, 0.3) is 5.91 Å². The quantitative estimate of drug-likeness (QED) is 0.653. The highest BCUT2D eigenvalue weighted by atomic mass is 16.5. The van der Waals surface area contributed by atoms with E-state index in [0.717, 1.165) is 25.7 Å². The predicted octanol–water partition coefficient (Wildman–Crippen LogP) is 3.23. The van der Waals surface area contributed by atoms with Gasteiger partial charge in [0, 0.05) is 20.3 Å². The molecule has 1 aromatic heterocycles. The number of rotatable bonds is 11. The van der Waals surface area contributed by atoms with Crippen molar-refractivity contribution in [2.24, 2.45) is 0 Å². The molecule has 0 unspecified atom stereocenters. The molecule has 1 aromatic rings. The number of carbonyl (C=O) groups excluding carboxylic acids is 1. The van der Waals surface area contributed by atoms with Crippen LogP contribution in [0, 0.1) is 0 Å². The van der Waals surface area contributed by atoms with Crippen LogP contribution >= 0.6 is 0 Å². The summed E-state index contributed by atoms with van der Waals surface area (Å²) in [5.41, 5.74) is -0.854. The van der Waals surface area contributed by atoms with E-state index in [9.17, 15) is 9.59 Å². The fourth-order valence-electron chi connectivity index (χ4n) is 3.29. The molecule has 6 nitrogen and oxygen atoms in total. The Morgan fingerprint density at radius 3 is 1.77 bits per heavy atom. The Morgan fingerprint density at radius 2 is 1.42 bits per heavy atom. The Hall–Kier alpha value is -1.66. The lowest BCUT2D eigenvalue weighted by Crippen LogP contribution is -2.53. The van der Waals surface area contributed by atoms with Crippen molar-refractivity contribution in [1.82, 2.24) is 9.88 Å². The lowest BCUT2D eigenvalue weighted by Gasteiger charge is -2.41. The molecule has 148 valence electrons. The van der Waals surface area contributed by atoms with Crippen LogP contribution in [0.25, 0.3) is 0 Å². The van der Waals surface area contributed by atoms with Crippen LogP contribution in [0.3, 0.4) is 0 Å². The zero-order valence-electron chi connectivity index (χ0n) is 17.1. The first-order valence-corrected chi connectivity index (χ1v) is 9.43. The van der Waals surface area contributed by atoms with Crippen molar-refractivity contribution in [2.75, 3.05) is 27.3 Å². The van der Waals surface area contributed by atoms with Gasteiger partial charge in [-0.15, -0.1) is 0 Å². The third kappa shape index (κ3) is 5.17. The fraction of sp³-hybridized carbons (Fsp3) is 0.700. The average molecular weight is 367 g/mol. The number of aromatic nitrogens is 1. The number of nitrogens with one attached hydrogen (secondary N) is 1. The van der Waals surface area contributed by atoms with Gasteiger partial charge >= 0.3 is 0 Å². The van der Waals surface area contributed by atoms with Crippen LogP contribution < -0.4 is 5.56 Å². The van der Waals surface area contributed by atoms with Crippen LogP contribution in [-0.2, 0) is 9.47 Å². The van der Waals surface area contributed by atoms with E-state index >= 15 is 0 Å². The molecule has 0 fully saturated rings. The minimum atomic E-state index is -0.425. The van der Waals surface area contributed by atoms with Gasteiger partial charge in [0.2, 0.25) is 5.56 Å². The molecule has 1 N–H and O–H groups in total. The number of H-pyrrole nitrogens is 1. The molecule has 1 heterocycles. The minimum absolute atomic E-state index is 0.214. The predicted molar refractivity (Wildman–Crippen MR) is 104 cm³/mol. The van der Waals surface area contributed by atoms with E-state index in [4.69, 9.17) is 9.47 Å². The van der Waals surface area contributed by atoms with Crippen molar-refractivity contribution in [3.8, 4) is 0 Å². The minimum Gasteiger partial charge on any atom is -0.376 e. The van der Waals surface area contributed by atoms with Gasteiger partial charge in [-0.05, 0) is 31.7 Å². The van der Waals surface area contributed by atoms with E-state index in [2.05, 4.69) is 32.7 Å². The Labute approximate surface area is 156 Å². The number of pyridine rings is 1. The van der Waals surface area contributed by atoms with Gasteiger partial charge in [0.05, 0.1) is 24.3 Å². The highest BCUT2D eigenvalue weighted by Crippen LogP contribution is 2.26. The van der Waals surface area contributed by atoms with Crippen molar-refractivity contribution in [2.45, 2.75) is 64.6 Å². The third-order valence-electron chi connectivity index (χ3n) is 5.69. The Kier molecular flexibility index (Phi) is 8.50. The summed E-state index contributed by atoms with van der Waals surface area (Å²) in [6, 6.07) is 4.63. The molecule has 0 aliphatic carbocycles. The van der Waals surface area contributed by atoms with Gasteiger partial charge in [0.15, 0.2) is 0 Å². The SMILES string of the molecule is CCC(CC)(CN(CC(CC)(CC)OC)C(=O)c1cccc(=O)[nH]1)OC. The van der Waals surface area contributed by atoms with E-state index in [0.29, 0.717) is 13.1 Å². The first kappa shape index (κ1) is 22.4. The maximum atomic E-state index is 13.2. The fourth-order valence-corrected chi connectivity index (χ4v) is 3.29. The second-order valence-corrected chi connectivity index (χ2v) is 6.78. The number of aromatic amines is 1. The number of amides is 1. The molecule has 0 aliphatic rings. The summed E-state index contributed by atoms with van der Waals surface area (Å²) >= 11 is 0. The van der Waals surface area contributed by atoms with E-state index < -0.39 is 11.2 Å². The van der Waals surface area contributed by atoms with Gasteiger partial charge in [-0.2, -0.15) is 0 Å². The van der Waals surface area contributed by atoms with Crippen molar-refractivity contribution in [3.05, 3.63) is 34.2 Å². The molecular weight excluding hydrogens is 332 g/mol. The van der Waals surface area contributed by atoms with Crippen LogP contribution in [0.1, 0.15) is 63.9 Å². The molecule has 26 heavy (non-hydrogen) atoms. The summed E-state index contributed by atoms with van der Waals surface area (Å²) in [7, 11) is 3.37. The topological polar surface area (TPSA) is 71.6 Å². The van der Waals surface area contributed by atoms with E-state index in [1.807, 2.05) is 0 Å². The molecule has 1 rings (SSSR count). The molecule has 0 radical (unpaired) electrons. The molecule has 1 amide bonds. The Bertz CT molecular complexity index is 580. The second-order valence-electron chi connectivity index (χ2n) is 6.78. The van der Waals surface area contributed by atoms with Crippen LogP contribution in [0.15, 0.2) is 23.0 Å². The number of ether oxygens (including phenoxy) is 2. The van der Waals surface area contributed by atoms with Gasteiger partial charge in [-0.3, -0.25) is 9.59 Å². The molecular formula is C20H34N2O4. The highest BCUT2D eigenvalue weighted by molar-refractivity contribution is 5.92. The van der Waals surface area contributed by atoms with Crippen molar-refractivity contribution in [3.63, 3.8) is 0 Å². The average Bonchev–Trinajstić information content (AvgIpc) is 2.69. The smallest absolute Gasteiger partial charge is 0.270 e. The highest BCUT2D eigenvalue weighted by Gasteiger charge is 2.36. The standard InChI is InChI=1S/C20H34N2O4/c1-7-19(8-2,25-5)14-22(15-20(9-3,10-4)26-6)18(24)16-12-11-13-17(23)21-16/h11-13H,7-10,14-15H2,1-6H3,(H,21,23). The summed E-state index contributed by atoms with van der Waals surface area (Å²) in [5.74, 6) is -0.214. The lowest BCUT2D eigenvalue weighted by atomic mass is 9.92. The van der Waals surface area contributed by atoms with Gasteiger partial charge in [-0.1, -0.05) is 33.8 Å². The monoisotopic (exact) mass is 366 g/mol. The van der Waals surface area contributed by atoms with Crippen molar-refractivity contribution >= 4 is 5.91 Å². The zero-order chi connectivity index (χ0) is 19.8. The normalized spacial score (nSPS) is 12.2. The molecule has 0 bridgehead atoms. The molecule has 0 spiro atoms. The number of hydrogen-bond acceptors (Lipinski definition) is 4. The van der Waals surface area contributed by atoms with Gasteiger partial charge in [-0.25, -0.2) is 0 Å². The van der Waals surface area contributed by atoms with Crippen molar-refractivity contribution in [1.29, 1.82) is 0 Å². The molecule has 0 aliphatic heterocycles. The number of hydrogen-bond donors (Lipinski definition) is 1. The summed E-state index contributed by atoms with van der Waals surface area (Å²) in [5, 5.41) is 0. The summed E-state index contributed by atoms with van der Waals surface area (Å²) in [4.78, 5) is 29.2. The first-order valence-electron chi connectivity index (χ1n) is 9.43. The maximum absolute atomic E-state index is 13.2. The van der Waals surface area contributed by atoms with E-state index in [-0.39, 0.29) is 17.2 Å². The van der Waals surface area contributed by atoms with Crippen LogP contribution in [0.4, 0.5) is 0 Å². The number of carbonyl (C=O) groups is 1. The first-order chi connectivity index (χ1) is 12.3. The number of methoxy groups -OCH3 is 2. The van der Waals surface area contributed by atoms with Crippen LogP contribution in [-0.4, -0.2) is 54.3 Å². The van der Waals surface area contributed by atoms with Gasteiger partial charge < -0.3 is 19.4 Å². The molecule has 0 aromatic carbocycles. The summed E-state index contributed by atoms with van der Waals surface area (Å²) < 4.78 is 11.6. The second kappa shape index (κ2) is 9.88. The van der Waals surface area contributed by atoms with Crippen LogP contribution in [0.2, 0.25) is 0 Å². The maximum Gasteiger partial charge on any atom is 0.270 e.